The molecule has 0 heterocycles. The van der Waals surface area contributed by atoms with Gasteiger partial charge in [0.05, 0.1) is 4.92 Å². The fourth-order valence-corrected chi connectivity index (χ4v) is 1.19. The van der Waals surface area contributed by atoms with E-state index in [4.69, 9.17) is 0 Å². The fourth-order valence-electron chi connectivity index (χ4n) is 0.864. The molecule has 1 rings (SSSR count). The molecule has 1 aliphatic rings. The number of nitrogens with zero attached hydrogens (tertiary/aromatic N) is 1. The maximum absolute atomic E-state index is 13.0. The Balaban J connectivity index is 3.06. The molecule has 1 aliphatic carbocycles. The Hall–Kier alpha value is -1.10. The topological polar surface area (TPSA) is 43.1 Å². The van der Waals surface area contributed by atoms with Crippen molar-refractivity contribution in [3.63, 3.8) is 0 Å². The molecule has 0 aliphatic heterocycles. The molecular weight excluding hydrogens is 181 g/mol. The zero-order valence-electron chi connectivity index (χ0n) is 6.28. The summed E-state index contributed by atoms with van der Waals surface area (Å²) in [6.07, 6.45) is 1.12. The molecule has 0 aromatic carbocycles. The van der Waals surface area contributed by atoms with Crippen LogP contribution in [0.2, 0.25) is 0 Å². The summed E-state index contributed by atoms with van der Waals surface area (Å²) in [6, 6.07) is 0. The molecule has 12 heavy (non-hydrogen) atoms. The zero-order valence-corrected chi connectivity index (χ0v) is 7.10. The van der Waals surface area contributed by atoms with E-state index in [2.05, 4.69) is 12.2 Å². The molecule has 0 aromatic heterocycles. The molecule has 0 bridgehead atoms. The molecular formula is C7H6FNO2S. The maximum atomic E-state index is 13.0. The van der Waals surface area contributed by atoms with E-state index in [1.54, 1.807) is 6.92 Å². The zero-order chi connectivity index (χ0) is 9.30. The van der Waals surface area contributed by atoms with Gasteiger partial charge in [0, 0.05) is 6.08 Å². The standard InChI is InChI=1S/C7H6FNO2S/c1-4-2-3-5(9(10)11)7(12)6(4)8/h2-3,6H,1H3. The molecule has 0 amide bonds. The van der Waals surface area contributed by atoms with Gasteiger partial charge in [0.25, 0.3) is 5.70 Å². The predicted molar refractivity (Wildman–Crippen MR) is 46.3 cm³/mol. The van der Waals surface area contributed by atoms with Gasteiger partial charge in [-0.1, -0.05) is 18.3 Å². The Morgan fingerprint density at radius 1 is 1.67 bits per heavy atom. The summed E-state index contributed by atoms with van der Waals surface area (Å²) in [5.41, 5.74) is 0.0914. The van der Waals surface area contributed by atoms with Gasteiger partial charge >= 0.3 is 0 Å². The second-order valence-corrected chi connectivity index (χ2v) is 2.89. The highest BCUT2D eigenvalue weighted by atomic mass is 32.1. The first kappa shape index (κ1) is 8.99. The molecule has 0 N–H and O–H groups in total. The number of nitro groups is 1. The second-order valence-electron chi connectivity index (χ2n) is 2.45. The Morgan fingerprint density at radius 3 is 2.75 bits per heavy atom. The van der Waals surface area contributed by atoms with Crippen molar-refractivity contribution in [1.29, 1.82) is 0 Å². The van der Waals surface area contributed by atoms with Crippen LogP contribution >= 0.6 is 12.2 Å². The largest absolute Gasteiger partial charge is 0.286 e. The smallest absolute Gasteiger partial charge is 0.258 e. The summed E-state index contributed by atoms with van der Waals surface area (Å²) >= 11 is 4.58. The summed E-state index contributed by atoms with van der Waals surface area (Å²) in [4.78, 5) is 9.37. The highest BCUT2D eigenvalue weighted by molar-refractivity contribution is 7.81. The summed E-state index contributed by atoms with van der Waals surface area (Å²) in [7, 11) is 0. The van der Waals surface area contributed by atoms with Gasteiger partial charge < -0.3 is 0 Å². The number of hydrogen-bond donors (Lipinski definition) is 0. The first-order valence-corrected chi connectivity index (χ1v) is 3.66. The lowest BCUT2D eigenvalue weighted by Gasteiger charge is -2.11. The van der Waals surface area contributed by atoms with Crippen molar-refractivity contribution in [2.75, 3.05) is 0 Å². The normalized spacial score (nSPS) is 23.2. The maximum Gasteiger partial charge on any atom is 0.286 e. The van der Waals surface area contributed by atoms with E-state index >= 15 is 0 Å². The molecule has 0 saturated carbocycles. The van der Waals surface area contributed by atoms with Crippen LogP contribution in [0.15, 0.2) is 23.4 Å². The number of alkyl halides is 1. The van der Waals surface area contributed by atoms with E-state index in [0.717, 1.165) is 0 Å². The minimum Gasteiger partial charge on any atom is -0.258 e. The molecule has 1 atom stereocenters. The molecule has 1 unspecified atom stereocenters. The third-order valence-corrected chi connectivity index (χ3v) is 2.00. The highest BCUT2D eigenvalue weighted by Crippen LogP contribution is 2.19. The summed E-state index contributed by atoms with van der Waals surface area (Å²) in [5.74, 6) is 0. The van der Waals surface area contributed by atoms with Crippen LogP contribution in [0.4, 0.5) is 4.39 Å². The van der Waals surface area contributed by atoms with Crippen molar-refractivity contribution in [2.24, 2.45) is 0 Å². The third kappa shape index (κ3) is 1.40. The second kappa shape index (κ2) is 3.10. The molecule has 0 aromatic rings. The van der Waals surface area contributed by atoms with Gasteiger partial charge in [-0.05, 0) is 12.5 Å². The van der Waals surface area contributed by atoms with E-state index in [1.807, 2.05) is 0 Å². The molecule has 0 fully saturated rings. The lowest BCUT2D eigenvalue weighted by atomic mass is 10.0. The average Bonchev–Trinajstić information content (AvgIpc) is 2.00. The summed E-state index contributed by atoms with van der Waals surface area (Å²) in [5, 5.41) is 10.3. The van der Waals surface area contributed by atoms with Crippen molar-refractivity contribution in [2.45, 2.75) is 13.1 Å². The van der Waals surface area contributed by atoms with Crippen LogP contribution in [-0.2, 0) is 0 Å². The highest BCUT2D eigenvalue weighted by Gasteiger charge is 2.29. The Bertz CT molecular complexity index is 309. The number of hydrogen-bond acceptors (Lipinski definition) is 3. The Kier molecular flexibility index (Phi) is 2.32. The molecule has 0 saturated heterocycles. The van der Waals surface area contributed by atoms with E-state index in [1.165, 1.54) is 12.2 Å². The minimum atomic E-state index is -1.48. The molecule has 0 radical (unpaired) electrons. The van der Waals surface area contributed by atoms with Crippen molar-refractivity contribution in [3.8, 4) is 0 Å². The van der Waals surface area contributed by atoms with Gasteiger partial charge in [0.2, 0.25) is 0 Å². The van der Waals surface area contributed by atoms with E-state index in [-0.39, 0.29) is 10.6 Å². The quantitative estimate of drug-likeness (QED) is 0.357. The van der Waals surface area contributed by atoms with Crippen LogP contribution in [0.25, 0.3) is 0 Å². The van der Waals surface area contributed by atoms with Gasteiger partial charge in [-0.2, -0.15) is 0 Å². The lowest BCUT2D eigenvalue weighted by Crippen LogP contribution is -2.23. The lowest BCUT2D eigenvalue weighted by molar-refractivity contribution is -0.415. The average molecular weight is 187 g/mol. The van der Waals surface area contributed by atoms with E-state index < -0.39 is 11.1 Å². The monoisotopic (exact) mass is 187 g/mol. The van der Waals surface area contributed by atoms with Gasteiger partial charge in [0.1, 0.15) is 4.86 Å². The number of allylic oxidation sites excluding steroid dienone is 4. The Morgan fingerprint density at radius 2 is 2.25 bits per heavy atom. The van der Waals surface area contributed by atoms with E-state index in [0.29, 0.717) is 5.57 Å². The molecule has 0 spiro atoms. The van der Waals surface area contributed by atoms with Crippen LogP contribution in [0.5, 0.6) is 0 Å². The van der Waals surface area contributed by atoms with Crippen molar-refractivity contribution in [1.82, 2.24) is 0 Å². The van der Waals surface area contributed by atoms with Crippen molar-refractivity contribution >= 4 is 17.1 Å². The van der Waals surface area contributed by atoms with Crippen LogP contribution < -0.4 is 0 Å². The third-order valence-electron chi connectivity index (χ3n) is 1.58. The molecule has 3 nitrogen and oxygen atoms in total. The van der Waals surface area contributed by atoms with Gasteiger partial charge in [-0.3, -0.25) is 10.1 Å². The first-order valence-electron chi connectivity index (χ1n) is 3.25. The predicted octanol–water partition coefficient (Wildman–Crippen LogP) is 1.81. The van der Waals surface area contributed by atoms with Crippen molar-refractivity contribution in [3.05, 3.63) is 33.5 Å². The molecule has 5 heteroatoms. The first-order chi connectivity index (χ1) is 5.54. The number of halogens is 1. The van der Waals surface area contributed by atoms with Gasteiger partial charge in [-0.25, -0.2) is 4.39 Å². The van der Waals surface area contributed by atoms with Crippen LogP contribution in [0.3, 0.4) is 0 Å². The SMILES string of the molecule is CC1=CC=C([N+](=O)[O-])C(=S)C1F. The summed E-state index contributed by atoms with van der Waals surface area (Å²) < 4.78 is 13.0. The van der Waals surface area contributed by atoms with Gasteiger partial charge in [0.15, 0.2) is 6.17 Å². The molecule has 64 valence electrons. The van der Waals surface area contributed by atoms with Crippen LogP contribution in [-0.4, -0.2) is 16.0 Å². The minimum absolute atomic E-state index is 0.236. The van der Waals surface area contributed by atoms with Crippen molar-refractivity contribution < 1.29 is 9.31 Å². The van der Waals surface area contributed by atoms with Crippen LogP contribution in [0, 0.1) is 10.1 Å². The summed E-state index contributed by atoms with van der Waals surface area (Å²) in [6.45, 7) is 1.55. The number of thiocarbonyl (C=S) groups is 1. The Labute approximate surface area is 73.7 Å². The number of rotatable bonds is 1. The fraction of sp³-hybridized carbons (Fsp3) is 0.286. The van der Waals surface area contributed by atoms with Gasteiger partial charge in [-0.15, -0.1) is 0 Å². The van der Waals surface area contributed by atoms with E-state index in [9.17, 15) is 14.5 Å². The van der Waals surface area contributed by atoms with Crippen LogP contribution in [0.1, 0.15) is 6.92 Å².